The van der Waals surface area contributed by atoms with E-state index in [0.29, 0.717) is 17.6 Å². The zero-order chi connectivity index (χ0) is 18.8. The summed E-state index contributed by atoms with van der Waals surface area (Å²) in [5.41, 5.74) is 3.26. The van der Waals surface area contributed by atoms with Gasteiger partial charge in [0.25, 0.3) is 5.91 Å². The van der Waals surface area contributed by atoms with Crippen LogP contribution in [0.5, 0.6) is 0 Å². The van der Waals surface area contributed by atoms with E-state index < -0.39 is 0 Å². The Morgan fingerprint density at radius 1 is 1.22 bits per heavy atom. The van der Waals surface area contributed by atoms with Crippen molar-refractivity contribution < 1.29 is 4.79 Å². The number of anilines is 1. The minimum Gasteiger partial charge on any atom is -0.317 e. The lowest BCUT2D eigenvalue weighted by Gasteiger charge is -2.19. The van der Waals surface area contributed by atoms with E-state index in [1.165, 1.54) is 5.56 Å². The molecule has 2 aromatic heterocycles. The van der Waals surface area contributed by atoms with Gasteiger partial charge >= 0.3 is 0 Å². The number of H-pyrrole nitrogens is 1. The summed E-state index contributed by atoms with van der Waals surface area (Å²) in [6.45, 7) is 3.98. The molecule has 8 heteroatoms. The number of carbonyl (C=O) groups is 1. The third kappa shape index (κ3) is 3.75. The first-order valence-electron chi connectivity index (χ1n) is 9.15. The topological polar surface area (TPSA) is 101 Å². The van der Waals surface area contributed by atoms with Gasteiger partial charge < -0.3 is 5.32 Å². The molecule has 8 nitrogen and oxygen atoms in total. The summed E-state index contributed by atoms with van der Waals surface area (Å²) < 4.78 is 1.62. The number of benzene rings is 1. The molecule has 140 valence electrons. The normalized spacial score (nSPS) is 15.0. The molecule has 0 unspecified atom stereocenters. The van der Waals surface area contributed by atoms with Crippen molar-refractivity contribution in [3.05, 3.63) is 47.4 Å². The lowest BCUT2D eigenvalue weighted by molar-refractivity contribution is 0.102. The van der Waals surface area contributed by atoms with E-state index >= 15 is 0 Å². The van der Waals surface area contributed by atoms with Gasteiger partial charge in [-0.3, -0.25) is 15.2 Å². The molecule has 1 amide bonds. The molecule has 0 bridgehead atoms. The first-order chi connectivity index (χ1) is 13.1. The Morgan fingerprint density at radius 2 is 1.96 bits per heavy atom. The van der Waals surface area contributed by atoms with Crippen molar-refractivity contribution in [2.24, 2.45) is 7.05 Å². The number of rotatable bonds is 4. The highest BCUT2D eigenvalue weighted by Gasteiger charge is 2.22. The first kappa shape index (κ1) is 17.4. The average Bonchev–Trinajstić information content (AvgIpc) is 3.31. The molecule has 0 saturated carbocycles. The van der Waals surface area contributed by atoms with Crippen LogP contribution < -0.4 is 10.6 Å². The van der Waals surface area contributed by atoms with Gasteiger partial charge in [-0.2, -0.15) is 15.2 Å². The fraction of sp³-hybridized carbons (Fsp3) is 0.368. The smallest absolute Gasteiger partial charge is 0.276 e. The lowest BCUT2D eigenvalue weighted by Crippen LogP contribution is -2.27. The Labute approximate surface area is 157 Å². The monoisotopic (exact) mass is 365 g/mol. The Kier molecular flexibility index (Phi) is 4.72. The second-order valence-corrected chi connectivity index (χ2v) is 6.93. The van der Waals surface area contributed by atoms with Crippen LogP contribution >= 0.6 is 0 Å². The van der Waals surface area contributed by atoms with Crippen molar-refractivity contribution in [2.75, 3.05) is 18.4 Å². The summed E-state index contributed by atoms with van der Waals surface area (Å²) in [5, 5.41) is 17.7. The van der Waals surface area contributed by atoms with Crippen molar-refractivity contribution in [1.29, 1.82) is 0 Å². The maximum absolute atomic E-state index is 12.6. The van der Waals surface area contributed by atoms with Crippen molar-refractivity contribution >= 4 is 11.9 Å². The quantitative estimate of drug-likeness (QED) is 0.658. The summed E-state index contributed by atoms with van der Waals surface area (Å²) >= 11 is 0. The summed E-state index contributed by atoms with van der Waals surface area (Å²) in [6, 6.07) is 9.75. The summed E-state index contributed by atoms with van der Waals surface area (Å²) in [7, 11) is 1.79. The molecule has 1 saturated heterocycles. The number of carbonyl (C=O) groups excluding carboxylic acids is 1. The predicted molar refractivity (Wildman–Crippen MR) is 103 cm³/mol. The van der Waals surface area contributed by atoms with Crippen LogP contribution in [-0.4, -0.2) is 44.0 Å². The number of aromatic amines is 1. The van der Waals surface area contributed by atoms with Gasteiger partial charge in [0.1, 0.15) is 5.69 Å². The third-order valence-corrected chi connectivity index (χ3v) is 4.88. The molecule has 1 fully saturated rings. The molecule has 27 heavy (non-hydrogen) atoms. The SMILES string of the molecule is Cc1ccc(-c2cc(C(=O)Nc3nc(C4CCNCC4)nn3C)[nH]n2)cc1. The van der Waals surface area contributed by atoms with Crippen LogP contribution in [0.25, 0.3) is 11.3 Å². The standard InChI is InChI=1S/C19H23N7O/c1-12-3-5-13(6-4-12)15-11-16(24-23-15)18(27)22-19-21-17(25-26(19)2)14-7-9-20-10-8-14/h3-6,11,14,20H,7-10H2,1-2H3,(H,23,24)(H,21,22,25,27). The van der Waals surface area contributed by atoms with Crippen LogP contribution in [0.2, 0.25) is 0 Å². The molecule has 1 aliphatic heterocycles. The maximum atomic E-state index is 12.6. The Hall–Kier alpha value is -3.00. The molecule has 0 spiro atoms. The van der Waals surface area contributed by atoms with Crippen LogP contribution in [0.3, 0.4) is 0 Å². The fourth-order valence-electron chi connectivity index (χ4n) is 3.25. The maximum Gasteiger partial charge on any atom is 0.276 e. The largest absolute Gasteiger partial charge is 0.317 e. The van der Waals surface area contributed by atoms with Gasteiger partial charge in [0.15, 0.2) is 5.82 Å². The molecule has 0 radical (unpaired) electrons. The van der Waals surface area contributed by atoms with E-state index in [9.17, 15) is 4.79 Å². The van der Waals surface area contributed by atoms with E-state index in [0.717, 1.165) is 43.0 Å². The molecule has 0 aliphatic carbocycles. The highest BCUT2D eigenvalue weighted by Crippen LogP contribution is 2.23. The summed E-state index contributed by atoms with van der Waals surface area (Å²) in [4.78, 5) is 17.1. The average molecular weight is 365 g/mol. The minimum atomic E-state index is -0.284. The van der Waals surface area contributed by atoms with E-state index in [1.54, 1.807) is 17.8 Å². The molecular formula is C19H23N7O. The number of amides is 1. The zero-order valence-electron chi connectivity index (χ0n) is 15.5. The molecule has 3 N–H and O–H groups in total. The number of nitrogens with one attached hydrogen (secondary N) is 3. The number of hydrogen-bond acceptors (Lipinski definition) is 5. The molecule has 4 rings (SSSR count). The van der Waals surface area contributed by atoms with Gasteiger partial charge in [-0.25, -0.2) is 4.68 Å². The van der Waals surface area contributed by atoms with Crippen LogP contribution in [0, 0.1) is 6.92 Å². The second kappa shape index (κ2) is 7.32. The number of hydrogen-bond donors (Lipinski definition) is 3. The van der Waals surface area contributed by atoms with Crippen molar-refractivity contribution in [3.8, 4) is 11.3 Å². The molecule has 0 atom stereocenters. The summed E-state index contributed by atoms with van der Waals surface area (Å²) in [6.07, 6.45) is 2.02. The molecular weight excluding hydrogens is 342 g/mol. The van der Waals surface area contributed by atoms with Gasteiger partial charge in [-0.1, -0.05) is 29.8 Å². The number of piperidine rings is 1. The summed E-state index contributed by atoms with van der Waals surface area (Å²) in [5.74, 6) is 1.29. The fourth-order valence-corrected chi connectivity index (χ4v) is 3.25. The van der Waals surface area contributed by atoms with Crippen molar-refractivity contribution in [1.82, 2.24) is 30.3 Å². The molecule has 3 aromatic rings. The molecule has 3 heterocycles. The highest BCUT2D eigenvalue weighted by atomic mass is 16.2. The van der Waals surface area contributed by atoms with E-state index in [1.807, 2.05) is 31.2 Å². The van der Waals surface area contributed by atoms with E-state index in [4.69, 9.17) is 0 Å². The van der Waals surface area contributed by atoms with Crippen LogP contribution in [0.1, 0.15) is 40.6 Å². The van der Waals surface area contributed by atoms with Gasteiger partial charge in [0.2, 0.25) is 5.95 Å². The number of aromatic nitrogens is 5. The van der Waals surface area contributed by atoms with Crippen LogP contribution in [0.4, 0.5) is 5.95 Å². The molecule has 1 aromatic carbocycles. The highest BCUT2D eigenvalue weighted by molar-refractivity contribution is 6.02. The zero-order valence-corrected chi connectivity index (χ0v) is 15.5. The van der Waals surface area contributed by atoms with Gasteiger partial charge in [0.05, 0.1) is 5.69 Å². The molecule has 1 aliphatic rings. The van der Waals surface area contributed by atoms with Gasteiger partial charge in [-0.15, -0.1) is 0 Å². The minimum absolute atomic E-state index is 0.284. The predicted octanol–water partition coefficient (Wildman–Crippen LogP) is 2.23. The van der Waals surface area contributed by atoms with Gasteiger partial charge in [-0.05, 0) is 38.9 Å². The van der Waals surface area contributed by atoms with E-state index in [2.05, 4.69) is 30.9 Å². The number of aryl methyl sites for hydroxylation is 2. The van der Waals surface area contributed by atoms with E-state index in [-0.39, 0.29) is 5.91 Å². The van der Waals surface area contributed by atoms with Gasteiger partial charge in [0, 0.05) is 18.5 Å². The lowest BCUT2D eigenvalue weighted by atomic mass is 9.98. The second-order valence-electron chi connectivity index (χ2n) is 6.93. The Morgan fingerprint density at radius 3 is 2.70 bits per heavy atom. The first-order valence-corrected chi connectivity index (χ1v) is 9.15. The van der Waals surface area contributed by atoms with Crippen LogP contribution in [-0.2, 0) is 7.05 Å². The Bertz CT molecular complexity index is 935. The van der Waals surface area contributed by atoms with Crippen molar-refractivity contribution in [2.45, 2.75) is 25.7 Å². The van der Waals surface area contributed by atoms with Crippen molar-refractivity contribution in [3.63, 3.8) is 0 Å². The number of nitrogens with zero attached hydrogens (tertiary/aromatic N) is 4. The van der Waals surface area contributed by atoms with Crippen LogP contribution in [0.15, 0.2) is 30.3 Å². The third-order valence-electron chi connectivity index (χ3n) is 4.88. The Balaban J connectivity index is 1.48.